The van der Waals surface area contributed by atoms with Gasteiger partial charge in [0.2, 0.25) is 0 Å². The average molecular weight is 274 g/mol. The molecule has 0 aromatic heterocycles. The Bertz CT molecular complexity index is 277. The fourth-order valence-electron chi connectivity index (χ4n) is 1.18. The third-order valence-electron chi connectivity index (χ3n) is 1.89. The minimum Gasteiger partial charge on any atom is -0.378 e. The number of nitrogens with one attached hydrogen (secondary N) is 4. The second-order valence-corrected chi connectivity index (χ2v) is 5.03. The Morgan fingerprint density at radius 2 is 1.47 bits per heavy atom. The van der Waals surface area contributed by atoms with Crippen LogP contribution in [0.25, 0.3) is 0 Å². The summed E-state index contributed by atoms with van der Waals surface area (Å²) in [5, 5.41) is 10.7. The van der Waals surface area contributed by atoms with E-state index in [0.717, 1.165) is 0 Å². The Morgan fingerprint density at radius 1 is 0.947 bits per heavy atom. The van der Waals surface area contributed by atoms with E-state index in [4.69, 9.17) is 4.74 Å². The molecule has 7 heteroatoms. The molecule has 112 valence electrons. The van der Waals surface area contributed by atoms with E-state index < -0.39 is 0 Å². The van der Waals surface area contributed by atoms with Crippen LogP contribution in [0, 0.1) is 0 Å². The molecule has 0 saturated heterocycles. The molecule has 0 aromatic carbocycles. The Hall–Kier alpha value is -1.50. The summed E-state index contributed by atoms with van der Waals surface area (Å²) in [6.45, 7) is 9.89. The first-order valence-corrected chi connectivity index (χ1v) is 6.50. The first kappa shape index (κ1) is 17.5. The molecule has 0 rings (SSSR count). The predicted octanol–water partition coefficient (Wildman–Crippen LogP) is 0.420. The van der Waals surface area contributed by atoms with Gasteiger partial charge in [-0.3, -0.25) is 0 Å². The fourth-order valence-corrected chi connectivity index (χ4v) is 1.18. The number of urea groups is 2. The predicted molar refractivity (Wildman–Crippen MR) is 74.2 cm³/mol. The number of carbonyl (C=O) groups excluding carboxylic acids is 2. The van der Waals surface area contributed by atoms with Gasteiger partial charge in [-0.25, -0.2) is 9.59 Å². The van der Waals surface area contributed by atoms with Gasteiger partial charge in [0.1, 0.15) is 0 Å². The normalized spacial score (nSPS) is 10.7. The van der Waals surface area contributed by atoms with Crippen LogP contribution < -0.4 is 21.3 Å². The van der Waals surface area contributed by atoms with Crippen molar-refractivity contribution in [3.8, 4) is 0 Å². The molecule has 0 radical (unpaired) electrons. The van der Waals surface area contributed by atoms with E-state index in [1.54, 1.807) is 0 Å². The van der Waals surface area contributed by atoms with E-state index in [9.17, 15) is 9.59 Å². The molecule has 4 amide bonds. The third-order valence-corrected chi connectivity index (χ3v) is 1.89. The number of hydrogen-bond donors (Lipinski definition) is 4. The largest absolute Gasteiger partial charge is 0.378 e. The van der Waals surface area contributed by atoms with Crippen LogP contribution in [0.3, 0.4) is 0 Å². The summed E-state index contributed by atoms with van der Waals surface area (Å²) in [5.41, 5.74) is -0.249. The molecule has 0 aliphatic heterocycles. The number of carbonyl (C=O) groups is 2. The van der Waals surface area contributed by atoms with Crippen molar-refractivity contribution in [2.75, 3.05) is 32.8 Å². The van der Waals surface area contributed by atoms with Crippen LogP contribution in [-0.4, -0.2) is 50.4 Å². The van der Waals surface area contributed by atoms with Crippen LogP contribution in [0.5, 0.6) is 0 Å². The maximum absolute atomic E-state index is 11.4. The van der Waals surface area contributed by atoms with Crippen molar-refractivity contribution >= 4 is 12.1 Å². The van der Waals surface area contributed by atoms with Crippen LogP contribution in [-0.2, 0) is 4.74 Å². The average Bonchev–Trinajstić information content (AvgIpc) is 2.25. The van der Waals surface area contributed by atoms with Gasteiger partial charge < -0.3 is 26.0 Å². The molecule has 0 aromatic rings. The molecule has 0 aliphatic carbocycles. The molecule has 0 unspecified atom stereocenters. The molecule has 0 saturated carbocycles. The molecule has 0 aliphatic rings. The van der Waals surface area contributed by atoms with Gasteiger partial charge in [0.15, 0.2) is 0 Å². The van der Waals surface area contributed by atoms with Gasteiger partial charge in [-0.2, -0.15) is 0 Å². The second kappa shape index (κ2) is 9.43. The van der Waals surface area contributed by atoms with Gasteiger partial charge in [-0.1, -0.05) is 0 Å². The second-order valence-electron chi connectivity index (χ2n) is 5.03. The van der Waals surface area contributed by atoms with E-state index in [0.29, 0.717) is 32.8 Å². The molecule has 0 bridgehead atoms. The first-order valence-electron chi connectivity index (χ1n) is 6.50. The zero-order chi connectivity index (χ0) is 14.7. The summed E-state index contributed by atoms with van der Waals surface area (Å²) in [7, 11) is 0. The molecule has 0 heterocycles. The van der Waals surface area contributed by atoms with Gasteiger partial charge >= 0.3 is 12.1 Å². The van der Waals surface area contributed by atoms with E-state index in [2.05, 4.69) is 21.3 Å². The Kier molecular flexibility index (Phi) is 8.69. The van der Waals surface area contributed by atoms with Crippen LogP contribution in [0.15, 0.2) is 0 Å². The fraction of sp³-hybridized carbons (Fsp3) is 0.833. The van der Waals surface area contributed by atoms with Crippen molar-refractivity contribution in [2.45, 2.75) is 33.2 Å². The van der Waals surface area contributed by atoms with Gasteiger partial charge in [0.05, 0.1) is 13.2 Å². The molecule has 4 N–H and O–H groups in total. The number of ether oxygens (including phenoxy) is 1. The maximum Gasteiger partial charge on any atom is 0.315 e. The minimum absolute atomic E-state index is 0.200. The highest BCUT2D eigenvalue weighted by atomic mass is 16.5. The number of amides is 4. The van der Waals surface area contributed by atoms with Crippen molar-refractivity contribution in [3.05, 3.63) is 0 Å². The van der Waals surface area contributed by atoms with Crippen LogP contribution in [0.2, 0.25) is 0 Å². The topological polar surface area (TPSA) is 91.5 Å². The lowest BCUT2D eigenvalue weighted by atomic mass is 10.1. The summed E-state index contributed by atoms with van der Waals surface area (Å²) >= 11 is 0. The lowest BCUT2D eigenvalue weighted by molar-refractivity contribution is 0.138. The highest BCUT2D eigenvalue weighted by molar-refractivity contribution is 5.74. The van der Waals surface area contributed by atoms with Crippen LogP contribution in [0.4, 0.5) is 9.59 Å². The van der Waals surface area contributed by atoms with Crippen LogP contribution in [0.1, 0.15) is 27.7 Å². The molecule has 0 fully saturated rings. The van der Waals surface area contributed by atoms with Crippen molar-refractivity contribution in [1.82, 2.24) is 21.3 Å². The van der Waals surface area contributed by atoms with E-state index in [1.165, 1.54) is 0 Å². The Morgan fingerprint density at radius 3 is 1.95 bits per heavy atom. The molecule has 0 spiro atoms. The van der Waals surface area contributed by atoms with Gasteiger partial charge in [-0.15, -0.1) is 0 Å². The monoisotopic (exact) mass is 274 g/mol. The summed E-state index contributed by atoms with van der Waals surface area (Å²) in [6, 6.07) is -0.412. The SMILES string of the molecule is CCNC(=O)NCCOCCNC(=O)NC(C)(C)C. The Labute approximate surface area is 114 Å². The summed E-state index contributed by atoms with van der Waals surface area (Å²) in [5.74, 6) is 0. The minimum atomic E-state index is -0.249. The van der Waals surface area contributed by atoms with Crippen LogP contribution >= 0.6 is 0 Å². The summed E-state index contributed by atoms with van der Waals surface area (Å²) < 4.78 is 5.26. The highest BCUT2D eigenvalue weighted by Crippen LogP contribution is 1.96. The number of rotatable bonds is 7. The maximum atomic E-state index is 11.4. The lowest BCUT2D eigenvalue weighted by Crippen LogP contribution is -2.47. The molecule has 7 nitrogen and oxygen atoms in total. The molecule has 0 atom stereocenters. The standard InChI is InChI=1S/C12H26N4O3/c1-5-13-10(17)14-6-8-19-9-7-15-11(18)16-12(2,3)4/h5-9H2,1-4H3,(H2,13,14,17)(H2,15,16,18). The third kappa shape index (κ3) is 12.7. The van der Waals surface area contributed by atoms with Crippen molar-refractivity contribution in [1.29, 1.82) is 0 Å². The highest BCUT2D eigenvalue weighted by Gasteiger charge is 2.12. The van der Waals surface area contributed by atoms with Crippen molar-refractivity contribution < 1.29 is 14.3 Å². The Balaban J connectivity index is 3.36. The van der Waals surface area contributed by atoms with Crippen molar-refractivity contribution in [3.63, 3.8) is 0 Å². The smallest absolute Gasteiger partial charge is 0.315 e. The first-order chi connectivity index (χ1) is 8.85. The van der Waals surface area contributed by atoms with Gasteiger partial charge in [0, 0.05) is 25.2 Å². The van der Waals surface area contributed by atoms with Crippen molar-refractivity contribution in [2.24, 2.45) is 0 Å². The number of hydrogen-bond acceptors (Lipinski definition) is 3. The van der Waals surface area contributed by atoms with Gasteiger partial charge in [-0.05, 0) is 27.7 Å². The van der Waals surface area contributed by atoms with Gasteiger partial charge in [0.25, 0.3) is 0 Å². The van der Waals surface area contributed by atoms with E-state index >= 15 is 0 Å². The molecular weight excluding hydrogens is 248 g/mol. The van der Waals surface area contributed by atoms with E-state index in [1.807, 2.05) is 27.7 Å². The molecule has 19 heavy (non-hydrogen) atoms. The quantitative estimate of drug-likeness (QED) is 0.507. The summed E-state index contributed by atoms with van der Waals surface area (Å²) in [4.78, 5) is 22.4. The summed E-state index contributed by atoms with van der Waals surface area (Å²) in [6.07, 6.45) is 0. The molecular formula is C12H26N4O3. The zero-order valence-corrected chi connectivity index (χ0v) is 12.3. The lowest BCUT2D eigenvalue weighted by Gasteiger charge is -2.20. The zero-order valence-electron chi connectivity index (χ0n) is 12.3. The van der Waals surface area contributed by atoms with E-state index in [-0.39, 0.29) is 17.6 Å².